The van der Waals surface area contributed by atoms with Crippen LogP contribution in [0.5, 0.6) is 0 Å². The summed E-state index contributed by atoms with van der Waals surface area (Å²) in [6, 6.07) is 12.0. The van der Waals surface area contributed by atoms with E-state index in [1.54, 1.807) is 42.5 Å². The summed E-state index contributed by atoms with van der Waals surface area (Å²) in [5.41, 5.74) is 3.51. The summed E-state index contributed by atoms with van der Waals surface area (Å²) < 4.78 is 1.82. The van der Waals surface area contributed by atoms with Crippen LogP contribution in [0.3, 0.4) is 0 Å². The number of carbonyl (C=O) groups is 1. The molecule has 0 aliphatic heterocycles. The number of hydrazone groups is 1. The number of benzene rings is 2. The second kappa shape index (κ2) is 7.72. The highest BCUT2D eigenvalue weighted by atomic mass is 35.5. The smallest absolute Gasteiger partial charge is 0.276 e. The van der Waals surface area contributed by atoms with E-state index < -0.39 is 5.91 Å². The summed E-state index contributed by atoms with van der Waals surface area (Å²) in [7, 11) is 0. The minimum Gasteiger partial charge on any atom is -0.347 e. The maximum atomic E-state index is 12.7. The fourth-order valence-electron chi connectivity index (χ4n) is 2.57. The second-order valence-electron chi connectivity index (χ2n) is 5.57. The van der Waals surface area contributed by atoms with Gasteiger partial charge in [0.05, 0.1) is 11.7 Å². The van der Waals surface area contributed by atoms with Crippen LogP contribution in [0, 0.1) is 0 Å². The number of fused-ring (bicyclic) bond motifs is 1. The van der Waals surface area contributed by atoms with Crippen LogP contribution in [0.4, 0.5) is 0 Å². The van der Waals surface area contributed by atoms with Gasteiger partial charge in [-0.3, -0.25) is 9.59 Å². The molecule has 0 aliphatic carbocycles. The Morgan fingerprint density at radius 1 is 1.15 bits per heavy atom. The van der Waals surface area contributed by atoms with Crippen LogP contribution >= 0.6 is 23.2 Å². The third kappa shape index (κ3) is 3.79. The average Bonchev–Trinajstić information content (AvgIpc) is 2.64. The molecular formula is C19H15Cl2N3O2. The van der Waals surface area contributed by atoms with Crippen LogP contribution in [0.1, 0.15) is 22.8 Å². The van der Waals surface area contributed by atoms with Crippen LogP contribution in [-0.4, -0.2) is 16.7 Å². The van der Waals surface area contributed by atoms with Gasteiger partial charge in [0.15, 0.2) is 0 Å². The Bertz CT molecular complexity index is 1060. The summed E-state index contributed by atoms with van der Waals surface area (Å²) >= 11 is 11.8. The highest BCUT2D eigenvalue weighted by molar-refractivity contribution is 6.31. The molecular weight excluding hydrogens is 373 g/mol. The van der Waals surface area contributed by atoms with E-state index in [-0.39, 0.29) is 11.0 Å². The standard InChI is InChI=1S/C19H15Cl2N3O2/c1-2-24-11-16(18(25)15-9-14(21)7-8-17(15)24)19(26)23-22-10-12-3-5-13(20)6-4-12/h3-11H,2H2,1H3,(H,23,26)/b22-10+. The van der Waals surface area contributed by atoms with E-state index in [9.17, 15) is 9.59 Å². The molecule has 1 amide bonds. The molecule has 1 aromatic heterocycles. The molecule has 0 bridgehead atoms. The van der Waals surface area contributed by atoms with Crippen LogP contribution < -0.4 is 10.9 Å². The topological polar surface area (TPSA) is 63.5 Å². The highest BCUT2D eigenvalue weighted by Gasteiger charge is 2.15. The number of rotatable bonds is 4. The summed E-state index contributed by atoms with van der Waals surface area (Å²) in [6.07, 6.45) is 3.01. The fraction of sp³-hybridized carbons (Fsp3) is 0.105. The molecule has 0 fully saturated rings. The molecule has 0 radical (unpaired) electrons. The fourth-order valence-corrected chi connectivity index (χ4v) is 2.87. The molecule has 3 rings (SSSR count). The summed E-state index contributed by atoms with van der Waals surface area (Å²) in [5.74, 6) is -0.579. The van der Waals surface area contributed by atoms with Crippen molar-refractivity contribution in [3.63, 3.8) is 0 Å². The van der Waals surface area contributed by atoms with E-state index in [1.807, 2.05) is 11.5 Å². The Morgan fingerprint density at radius 2 is 1.85 bits per heavy atom. The lowest BCUT2D eigenvalue weighted by Gasteiger charge is -2.11. The predicted molar refractivity (Wildman–Crippen MR) is 105 cm³/mol. The van der Waals surface area contributed by atoms with Gasteiger partial charge in [0.1, 0.15) is 5.56 Å². The Labute approximate surface area is 159 Å². The zero-order valence-electron chi connectivity index (χ0n) is 13.9. The lowest BCUT2D eigenvalue weighted by molar-refractivity contribution is 0.0953. The third-order valence-corrected chi connectivity index (χ3v) is 4.36. The number of carbonyl (C=O) groups excluding carboxylic acids is 1. The van der Waals surface area contributed by atoms with Crippen molar-refractivity contribution in [2.75, 3.05) is 0 Å². The van der Waals surface area contributed by atoms with Crippen LogP contribution in [0.15, 0.2) is 58.6 Å². The summed E-state index contributed by atoms with van der Waals surface area (Å²) in [6.45, 7) is 2.53. The molecule has 1 N–H and O–H groups in total. The van der Waals surface area contributed by atoms with Crippen molar-refractivity contribution < 1.29 is 4.79 Å². The van der Waals surface area contributed by atoms with Gasteiger partial charge in [0.25, 0.3) is 5.91 Å². The highest BCUT2D eigenvalue weighted by Crippen LogP contribution is 2.17. The maximum absolute atomic E-state index is 12.7. The number of hydrogen-bond donors (Lipinski definition) is 1. The molecule has 0 unspecified atom stereocenters. The number of hydrogen-bond acceptors (Lipinski definition) is 3. The van der Waals surface area contributed by atoms with Crippen molar-refractivity contribution >= 4 is 46.2 Å². The number of nitrogens with zero attached hydrogens (tertiary/aromatic N) is 2. The molecule has 2 aromatic carbocycles. The summed E-state index contributed by atoms with van der Waals surface area (Å²) in [5, 5.41) is 5.35. The van der Waals surface area contributed by atoms with E-state index in [1.165, 1.54) is 12.4 Å². The Morgan fingerprint density at radius 3 is 2.54 bits per heavy atom. The summed E-state index contributed by atoms with van der Waals surface area (Å²) in [4.78, 5) is 25.1. The van der Waals surface area contributed by atoms with Crippen molar-refractivity contribution in [3.8, 4) is 0 Å². The van der Waals surface area contributed by atoms with Crippen LogP contribution in [-0.2, 0) is 6.54 Å². The zero-order valence-corrected chi connectivity index (χ0v) is 15.4. The lowest BCUT2D eigenvalue weighted by atomic mass is 10.1. The van der Waals surface area contributed by atoms with E-state index >= 15 is 0 Å². The third-order valence-electron chi connectivity index (χ3n) is 3.88. The Hall–Kier alpha value is -2.63. The van der Waals surface area contributed by atoms with Crippen molar-refractivity contribution in [2.24, 2.45) is 5.10 Å². The first-order valence-electron chi connectivity index (χ1n) is 7.91. The first-order valence-corrected chi connectivity index (χ1v) is 8.67. The zero-order chi connectivity index (χ0) is 18.7. The minimum absolute atomic E-state index is 0.00914. The molecule has 132 valence electrons. The molecule has 0 saturated heterocycles. The van der Waals surface area contributed by atoms with Gasteiger partial charge in [-0.05, 0) is 42.8 Å². The van der Waals surface area contributed by atoms with Gasteiger partial charge in [-0.25, -0.2) is 5.43 Å². The van der Waals surface area contributed by atoms with E-state index in [4.69, 9.17) is 23.2 Å². The number of pyridine rings is 1. The van der Waals surface area contributed by atoms with Gasteiger partial charge in [-0.15, -0.1) is 0 Å². The molecule has 7 heteroatoms. The first-order chi connectivity index (χ1) is 12.5. The normalized spacial score (nSPS) is 11.2. The SMILES string of the molecule is CCn1cc(C(=O)N/N=C/c2ccc(Cl)cc2)c(=O)c2cc(Cl)ccc21. The molecule has 5 nitrogen and oxygen atoms in total. The van der Waals surface area contributed by atoms with Crippen LogP contribution in [0.2, 0.25) is 10.0 Å². The van der Waals surface area contributed by atoms with Gasteiger partial charge in [0, 0.05) is 28.2 Å². The van der Waals surface area contributed by atoms with Gasteiger partial charge < -0.3 is 4.57 Å². The van der Waals surface area contributed by atoms with Gasteiger partial charge in [-0.1, -0.05) is 35.3 Å². The molecule has 0 atom stereocenters. The molecule has 3 aromatic rings. The second-order valence-corrected chi connectivity index (χ2v) is 6.44. The first kappa shape index (κ1) is 18.2. The number of nitrogens with one attached hydrogen (secondary N) is 1. The van der Waals surface area contributed by atoms with Crippen molar-refractivity contribution in [1.82, 2.24) is 9.99 Å². The largest absolute Gasteiger partial charge is 0.347 e. The predicted octanol–water partition coefficient (Wildman–Crippen LogP) is 4.09. The molecule has 26 heavy (non-hydrogen) atoms. The molecule has 0 spiro atoms. The average molecular weight is 388 g/mol. The van der Waals surface area contributed by atoms with Crippen molar-refractivity contribution in [3.05, 3.63) is 80.1 Å². The number of halogens is 2. The maximum Gasteiger partial charge on any atom is 0.276 e. The van der Waals surface area contributed by atoms with Gasteiger partial charge in [-0.2, -0.15) is 5.10 Å². The lowest BCUT2D eigenvalue weighted by Crippen LogP contribution is -2.26. The van der Waals surface area contributed by atoms with Gasteiger partial charge >= 0.3 is 0 Å². The minimum atomic E-state index is -0.579. The Balaban J connectivity index is 1.91. The van der Waals surface area contributed by atoms with E-state index in [2.05, 4.69) is 10.5 Å². The van der Waals surface area contributed by atoms with Crippen LogP contribution in [0.25, 0.3) is 10.9 Å². The number of amides is 1. The van der Waals surface area contributed by atoms with Crippen molar-refractivity contribution in [2.45, 2.75) is 13.5 Å². The number of aryl methyl sites for hydroxylation is 1. The number of aromatic nitrogens is 1. The van der Waals surface area contributed by atoms with Gasteiger partial charge in [0.2, 0.25) is 5.43 Å². The molecule has 0 aliphatic rings. The quantitative estimate of drug-likeness (QED) is 0.541. The van der Waals surface area contributed by atoms with E-state index in [0.29, 0.717) is 22.0 Å². The Kier molecular flexibility index (Phi) is 5.40. The molecule has 0 saturated carbocycles. The van der Waals surface area contributed by atoms with Crippen molar-refractivity contribution in [1.29, 1.82) is 0 Å². The van der Waals surface area contributed by atoms with E-state index in [0.717, 1.165) is 11.1 Å². The monoisotopic (exact) mass is 387 g/mol. The molecule has 1 heterocycles.